The number of hydrogen-bond acceptors (Lipinski definition) is 5. The van der Waals surface area contributed by atoms with Gasteiger partial charge in [0.05, 0.1) is 21.9 Å². The lowest BCUT2D eigenvalue weighted by molar-refractivity contribution is -0.384. The Morgan fingerprint density at radius 3 is 2.52 bits per heavy atom. The average Bonchev–Trinajstić information content (AvgIpc) is 3.00. The summed E-state index contributed by atoms with van der Waals surface area (Å²) in [5, 5.41) is 16.7. The molecule has 3 rings (SSSR count). The fourth-order valence-corrected chi connectivity index (χ4v) is 3.14. The second-order valence-electron chi connectivity index (χ2n) is 5.37. The Morgan fingerprint density at radius 2 is 1.89 bits per heavy atom. The van der Waals surface area contributed by atoms with E-state index in [0.717, 1.165) is 16.7 Å². The molecule has 0 atom stereocenters. The predicted molar refractivity (Wildman–Crippen MR) is 91.8 cm³/mol. The van der Waals surface area contributed by atoms with Crippen LogP contribution in [0.25, 0.3) is 5.69 Å². The molecule has 0 aliphatic rings. The summed E-state index contributed by atoms with van der Waals surface area (Å²) in [7, 11) is 0. The standard InChI is InChI=1S/C16H11F3N4O3S/c17-16(18,19)10-2-1-3-12(8-10)22-14(20-21-15(22)24)9-27-13-6-4-11(5-7-13)23(25)26/h1-8H,9H2,(H,21,24). The molecule has 0 radical (unpaired) electrons. The van der Waals surface area contributed by atoms with Gasteiger partial charge in [-0.1, -0.05) is 6.07 Å². The van der Waals surface area contributed by atoms with Gasteiger partial charge in [0.1, 0.15) is 5.82 Å². The summed E-state index contributed by atoms with van der Waals surface area (Å²) < 4.78 is 39.8. The fourth-order valence-electron chi connectivity index (χ4n) is 2.33. The molecule has 0 amide bonds. The van der Waals surface area contributed by atoms with Crippen molar-refractivity contribution >= 4 is 17.4 Å². The zero-order chi connectivity index (χ0) is 19.6. The number of benzene rings is 2. The smallest absolute Gasteiger partial charge is 0.258 e. The van der Waals surface area contributed by atoms with E-state index < -0.39 is 22.4 Å². The Balaban J connectivity index is 1.85. The number of nitrogens with zero attached hydrogens (tertiary/aromatic N) is 3. The van der Waals surface area contributed by atoms with Crippen LogP contribution in [0.4, 0.5) is 18.9 Å². The number of thioether (sulfide) groups is 1. The first-order valence-electron chi connectivity index (χ1n) is 7.47. The van der Waals surface area contributed by atoms with E-state index in [9.17, 15) is 28.1 Å². The first kappa shape index (κ1) is 18.7. The van der Waals surface area contributed by atoms with Crippen LogP contribution < -0.4 is 5.69 Å². The second-order valence-corrected chi connectivity index (χ2v) is 6.42. The number of aromatic amines is 1. The summed E-state index contributed by atoms with van der Waals surface area (Å²) >= 11 is 1.24. The van der Waals surface area contributed by atoms with Crippen molar-refractivity contribution in [2.24, 2.45) is 0 Å². The molecule has 27 heavy (non-hydrogen) atoms. The number of nitro benzene ring substituents is 1. The zero-order valence-electron chi connectivity index (χ0n) is 13.4. The minimum absolute atomic E-state index is 0.0443. The van der Waals surface area contributed by atoms with E-state index in [1.165, 1.54) is 36.0 Å². The van der Waals surface area contributed by atoms with Gasteiger partial charge in [-0.15, -0.1) is 11.8 Å². The monoisotopic (exact) mass is 396 g/mol. The number of aromatic nitrogens is 3. The van der Waals surface area contributed by atoms with Crippen LogP contribution >= 0.6 is 11.8 Å². The van der Waals surface area contributed by atoms with Gasteiger partial charge < -0.3 is 0 Å². The third-order valence-electron chi connectivity index (χ3n) is 3.59. The van der Waals surface area contributed by atoms with Gasteiger partial charge in [0.2, 0.25) is 0 Å². The number of nitro groups is 1. The molecule has 0 saturated heterocycles. The molecule has 0 spiro atoms. The highest BCUT2D eigenvalue weighted by atomic mass is 32.2. The number of rotatable bonds is 5. The minimum Gasteiger partial charge on any atom is -0.258 e. The van der Waals surface area contributed by atoms with Crippen LogP contribution in [0.15, 0.2) is 58.2 Å². The Bertz CT molecular complexity index is 1030. The number of alkyl halides is 3. The lowest BCUT2D eigenvalue weighted by Crippen LogP contribution is -2.17. The number of halogens is 3. The molecule has 0 aliphatic carbocycles. The highest BCUT2D eigenvalue weighted by Gasteiger charge is 2.30. The summed E-state index contributed by atoms with van der Waals surface area (Å²) in [5.74, 6) is 0.398. The summed E-state index contributed by atoms with van der Waals surface area (Å²) in [6, 6.07) is 10.2. The van der Waals surface area contributed by atoms with Crippen LogP contribution in [0.5, 0.6) is 0 Å². The topological polar surface area (TPSA) is 93.8 Å². The van der Waals surface area contributed by atoms with Gasteiger partial charge in [0.15, 0.2) is 0 Å². The maximum atomic E-state index is 12.9. The van der Waals surface area contributed by atoms with Crippen molar-refractivity contribution in [3.8, 4) is 5.69 Å². The number of nitrogens with one attached hydrogen (secondary N) is 1. The van der Waals surface area contributed by atoms with Crippen molar-refractivity contribution in [3.63, 3.8) is 0 Å². The molecule has 11 heteroatoms. The lowest BCUT2D eigenvalue weighted by Gasteiger charge is -2.10. The highest BCUT2D eigenvalue weighted by Crippen LogP contribution is 2.30. The van der Waals surface area contributed by atoms with Crippen molar-refractivity contribution in [2.45, 2.75) is 16.8 Å². The first-order valence-corrected chi connectivity index (χ1v) is 8.45. The lowest BCUT2D eigenvalue weighted by atomic mass is 10.2. The Hall–Kier alpha value is -3.08. The highest BCUT2D eigenvalue weighted by molar-refractivity contribution is 7.98. The maximum absolute atomic E-state index is 12.9. The van der Waals surface area contributed by atoms with Gasteiger partial charge in [-0.2, -0.15) is 18.3 Å². The number of H-pyrrole nitrogens is 1. The van der Waals surface area contributed by atoms with E-state index >= 15 is 0 Å². The Kier molecular flexibility index (Phi) is 5.04. The minimum atomic E-state index is -4.53. The van der Waals surface area contributed by atoms with Gasteiger partial charge >= 0.3 is 11.9 Å². The Morgan fingerprint density at radius 1 is 1.19 bits per heavy atom. The number of non-ortho nitro benzene ring substituents is 1. The molecule has 0 fully saturated rings. The third-order valence-corrected chi connectivity index (χ3v) is 4.60. The summed E-state index contributed by atoms with van der Waals surface area (Å²) in [6.07, 6.45) is -4.53. The second kappa shape index (κ2) is 7.27. The molecule has 0 bridgehead atoms. The fraction of sp³-hybridized carbons (Fsp3) is 0.125. The van der Waals surface area contributed by atoms with Crippen LogP contribution in [-0.2, 0) is 11.9 Å². The van der Waals surface area contributed by atoms with E-state index in [1.807, 2.05) is 0 Å². The van der Waals surface area contributed by atoms with Crippen molar-refractivity contribution in [2.75, 3.05) is 0 Å². The molecule has 0 saturated carbocycles. The third kappa shape index (κ3) is 4.19. The van der Waals surface area contributed by atoms with Gasteiger partial charge in [-0.3, -0.25) is 10.1 Å². The summed E-state index contributed by atoms with van der Waals surface area (Å²) in [4.78, 5) is 22.8. The van der Waals surface area contributed by atoms with Crippen LogP contribution in [0.3, 0.4) is 0 Å². The molecule has 0 unspecified atom stereocenters. The SMILES string of the molecule is O=c1[nH]nc(CSc2ccc([N+](=O)[O-])cc2)n1-c1cccc(C(F)(F)F)c1. The van der Waals surface area contributed by atoms with E-state index in [4.69, 9.17) is 0 Å². The number of hydrogen-bond donors (Lipinski definition) is 1. The summed E-state index contributed by atoms with van der Waals surface area (Å²) in [5.41, 5.74) is -1.54. The first-order chi connectivity index (χ1) is 12.8. The van der Waals surface area contributed by atoms with Crippen molar-refractivity contribution in [1.29, 1.82) is 0 Å². The molecule has 7 nitrogen and oxygen atoms in total. The molecular formula is C16H11F3N4O3S. The van der Waals surface area contributed by atoms with Crippen LogP contribution in [0.2, 0.25) is 0 Å². The average molecular weight is 396 g/mol. The van der Waals surface area contributed by atoms with Crippen LogP contribution in [0.1, 0.15) is 11.4 Å². The molecule has 1 aromatic heterocycles. The molecule has 1 heterocycles. The molecule has 1 N–H and O–H groups in total. The van der Waals surface area contributed by atoms with E-state index in [2.05, 4.69) is 10.2 Å². The van der Waals surface area contributed by atoms with E-state index in [-0.39, 0.29) is 23.0 Å². The maximum Gasteiger partial charge on any atom is 0.416 e. The van der Waals surface area contributed by atoms with Gasteiger partial charge in [-0.25, -0.2) is 14.5 Å². The van der Waals surface area contributed by atoms with Crippen molar-refractivity contribution in [3.05, 3.63) is 80.5 Å². The van der Waals surface area contributed by atoms with E-state index in [1.54, 1.807) is 12.1 Å². The van der Waals surface area contributed by atoms with Gasteiger partial charge in [0.25, 0.3) is 5.69 Å². The molecule has 3 aromatic rings. The Labute approximate surface area is 154 Å². The predicted octanol–water partition coefficient (Wildman–Crippen LogP) is 3.78. The van der Waals surface area contributed by atoms with Gasteiger partial charge in [0, 0.05) is 17.0 Å². The van der Waals surface area contributed by atoms with Crippen LogP contribution in [-0.4, -0.2) is 19.7 Å². The molecule has 0 aliphatic heterocycles. The summed E-state index contributed by atoms with van der Waals surface area (Å²) in [6.45, 7) is 0. The molecule has 2 aromatic carbocycles. The van der Waals surface area contributed by atoms with Crippen molar-refractivity contribution in [1.82, 2.24) is 14.8 Å². The van der Waals surface area contributed by atoms with E-state index in [0.29, 0.717) is 4.90 Å². The van der Waals surface area contributed by atoms with Crippen molar-refractivity contribution < 1.29 is 18.1 Å². The van der Waals surface area contributed by atoms with Gasteiger partial charge in [-0.05, 0) is 30.3 Å². The molecular weight excluding hydrogens is 385 g/mol. The zero-order valence-corrected chi connectivity index (χ0v) is 14.3. The largest absolute Gasteiger partial charge is 0.416 e. The normalized spacial score (nSPS) is 11.5. The van der Waals surface area contributed by atoms with Crippen LogP contribution in [0, 0.1) is 10.1 Å². The quantitative estimate of drug-likeness (QED) is 0.402. The molecule has 140 valence electrons.